The second-order valence-electron chi connectivity index (χ2n) is 7.14. The number of rotatable bonds is 10. The van der Waals surface area contributed by atoms with Gasteiger partial charge >= 0.3 is 0 Å². The Bertz CT molecular complexity index is 382. The zero-order chi connectivity index (χ0) is 17.8. The summed E-state index contributed by atoms with van der Waals surface area (Å²) >= 11 is 0. The zero-order valence-corrected chi connectivity index (χ0v) is 19.1. The summed E-state index contributed by atoms with van der Waals surface area (Å²) < 4.78 is 5.47. The fraction of sp³-hybridized carbons (Fsp3) is 0.842. The third-order valence-corrected chi connectivity index (χ3v) is 4.58. The van der Waals surface area contributed by atoms with Crippen molar-refractivity contribution < 1.29 is 4.74 Å². The molecule has 0 atom stereocenters. The van der Waals surface area contributed by atoms with E-state index < -0.39 is 0 Å². The molecule has 0 aromatic heterocycles. The second kappa shape index (κ2) is 13.8. The van der Waals surface area contributed by atoms with Crippen LogP contribution in [0.5, 0.6) is 0 Å². The summed E-state index contributed by atoms with van der Waals surface area (Å²) in [6.07, 6.45) is 6.79. The first-order chi connectivity index (χ1) is 11.5. The Labute approximate surface area is 172 Å². The van der Waals surface area contributed by atoms with E-state index in [2.05, 4.69) is 49.5 Å². The Morgan fingerprint density at radius 2 is 1.96 bits per heavy atom. The van der Waals surface area contributed by atoms with Crippen molar-refractivity contribution in [1.82, 2.24) is 15.1 Å². The Morgan fingerprint density at radius 1 is 1.28 bits per heavy atom. The minimum Gasteiger partial charge on any atom is -0.379 e. The highest BCUT2D eigenvalue weighted by molar-refractivity contribution is 14.0. The molecule has 0 radical (unpaired) electrons. The van der Waals surface area contributed by atoms with Gasteiger partial charge in [-0.15, -0.1) is 30.6 Å². The molecule has 0 bridgehead atoms. The smallest absolute Gasteiger partial charge is 0.193 e. The number of hydrogen-bond acceptors (Lipinski definition) is 3. The molecule has 0 aromatic carbocycles. The summed E-state index contributed by atoms with van der Waals surface area (Å²) in [5, 5.41) is 3.43. The van der Waals surface area contributed by atoms with Crippen molar-refractivity contribution in [2.75, 3.05) is 53.0 Å². The van der Waals surface area contributed by atoms with E-state index in [1.807, 2.05) is 6.08 Å². The molecule has 1 N–H and O–H groups in total. The van der Waals surface area contributed by atoms with E-state index in [1.165, 1.54) is 19.3 Å². The van der Waals surface area contributed by atoms with Gasteiger partial charge in [0, 0.05) is 38.8 Å². The van der Waals surface area contributed by atoms with E-state index in [1.54, 1.807) is 0 Å². The molecule has 148 valence electrons. The van der Waals surface area contributed by atoms with Crippen molar-refractivity contribution in [3.8, 4) is 0 Å². The quantitative estimate of drug-likeness (QED) is 0.176. The molecule has 1 aliphatic heterocycles. The Balaban J connectivity index is 0.00000576. The van der Waals surface area contributed by atoms with Crippen LogP contribution < -0.4 is 5.32 Å². The number of guanidine groups is 1. The molecule has 0 aromatic rings. The van der Waals surface area contributed by atoms with Crippen molar-refractivity contribution >= 4 is 29.9 Å². The first kappa shape index (κ1) is 24.7. The average molecular weight is 466 g/mol. The summed E-state index contributed by atoms with van der Waals surface area (Å²) in [5.74, 6) is 1.02. The molecule has 1 saturated heterocycles. The lowest BCUT2D eigenvalue weighted by Gasteiger charge is -2.40. The molecule has 1 heterocycles. The topological polar surface area (TPSA) is 40.1 Å². The fourth-order valence-corrected chi connectivity index (χ4v) is 2.93. The van der Waals surface area contributed by atoms with Gasteiger partial charge in [-0.2, -0.15) is 0 Å². The van der Waals surface area contributed by atoms with Crippen molar-refractivity contribution in [3.05, 3.63) is 12.7 Å². The predicted molar refractivity (Wildman–Crippen MR) is 119 cm³/mol. The highest BCUT2D eigenvalue weighted by atomic mass is 127. The number of morpholine rings is 1. The molecule has 1 rings (SSSR count). The Morgan fingerprint density at radius 3 is 2.56 bits per heavy atom. The van der Waals surface area contributed by atoms with Gasteiger partial charge in [-0.05, 0) is 40.0 Å². The third kappa shape index (κ3) is 9.80. The van der Waals surface area contributed by atoms with Crippen LogP contribution in [0, 0.1) is 0 Å². The van der Waals surface area contributed by atoms with Gasteiger partial charge in [0.15, 0.2) is 5.96 Å². The van der Waals surface area contributed by atoms with Crippen LogP contribution in [0.3, 0.4) is 0 Å². The van der Waals surface area contributed by atoms with Crippen LogP contribution in [0.4, 0.5) is 0 Å². The van der Waals surface area contributed by atoms with Crippen LogP contribution >= 0.6 is 24.0 Å². The van der Waals surface area contributed by atoms with Crippen molar-refractivity contribution in [1.29, 1.82) is 0 Å². The van der Waals surface area contributed by atoms with Gasteiger partial charge in [-0.3, -0.25) is 9.89 Å². The highest BCUT2D eigenvalue weighted by Crippen LogP contribution is 2.16. The molecule has 1 fully saturated rings. The van der Waals surface area contributed by atoms with E-state index >= 15 is 0 Å². The van der Waals surface area contributed by atoms with Crippen LogP contribution in [-0.2, 0) is 4.74 Å². The van der Waals surface area contributed by atoms with E-state index in [-0.39, 0.29) is 29.5 Å². The number of aliphatic imine (C=N–C) groups is 1. The van der Waals surface area contributed by atoms with Crippen molar-refractivity contribution in [2.24, 2.45) is 4.99 Å². The zero-order valence-electron chi connectivity index (χ0n) is 16.7. The van der Waals surface area contributed by atoms with Gasteiger partial charge in [-0.25, -0.2) is 0 Å². The standard InChI is InChI=1S/C19H38N4O.HI/c1-6-8-9-10-11-12-22(5)18(20-7-2)21-17-19(3,4)23-13-15-24-16-14-23;/h6H,1,7-17H2,2-5H3,(H,20,21);1H. The minimum atomic E-state index is 0. The monoisotopic (exact) mass is 466 g/mol. The molecular weight excluding hydrogens is 427 g/mol. The summed E-state index contributed by atoms with van der Waals surface area (Å²) in [5.41, 5.74) is 0.0647. The molecule has 1 aliphatic rings. The molecule has 0 unspecified atom stereocenters. The molecule has 25 heavy (non-hydrogen) atoms. The van der Waals surface area contributed by atoms with Crippen LogP contribution in [-0.4, -0.2) is 74.3 Å². The van der Waals surface area contributed by atoms with Gasteiger partial charge in [0.2, 0.25) is 0 Å². The molecule has 0 spiro atoms. The lowest BCUT2D eigenvalue weighted by molar-refractivity contribution is -0.00688. The maximum Gasteiger partial charge on any atom is 0.193 e. The number of allylic oxidation sites excluding steroid dienone is 1. The van der Waals surface area contributed by atoms with Gasteiger partial charge in [0.1, 0.15) is 0 Å². The largest absolute Gasteiger partial charge is 0.379 e. The van der Waals surface area contributed by atoms with E-state index in [0.29, 0.717) is 0 Å². The van der Waals surface area contributed by atoms with Crippen molar-refractivity contribution in [3.63, 3.8) is 0 Å². The van der Waals surface area contributed by atoms with Crippen LogP contribution in [0.2, 0.25) is 0 Å². The molecule has 5 nitrogen and oxygen atoms in total. The highest BCUT2D eigenvalue weighted by Gasteiger charge is 2.28. The summed E-state index contributed by atoms with van der Waals surface area (Å²) in [6, 6.07) is 0. The third-order valence-electron chi connectivity index (χ3n) is 4.58. The van der Waals surface area contributed by atoms with Gasteiger partial charge in [0.25, 0.3) is 0 Å². The van der Waals surface area contributed by atoms with Crippen LogP contribution in [0.1, 0.15) is 46.5 Å². The number of halogens is 1. The maximum atomic E-state index is 5.47. The lowest BCUT2D eigenvalue weighted by Crippen LogP contribution is -2.52. The SMILES string of the molecule is C=CCCCCCN(C)C(=NCC(C)(C)N1CCOCC1)NCC.I. The number of nitrogens with one attached hydrogen (secondary N) is 1. The van der Waals surface area contributed by atoms with Crippen LogP contribution in [0.15, 0.2) is 17.6 Å². The number of unbranched alkanes of at least 4 members (excludes halogenated alkanes) is 3. The lowest BCUT2D eigenvalue weighted by atomic mass is 10.0. The second-order valence-corrected chi connectivity index (χ2v) is 7.14. The molecule has 6 heteroatoms. The molecule has 0 saturated carbocycles. The average Bonchev–Trinajstić information content (AvgIpc) is 2.59. The summed E-state index contributed by atoms with van der Waals surface area (Å²) in [4.78, 5) is 9.65. The first-order valence-electron chi connectivity index (χ1n) is 9.44. The normalized spacial score (nSPS) is 16.2. The Hall–Kier alpha value is -0.340. The number of nitrogens with zero attached hydrogens (tertiary/aromatic N) is 3. The van der Waals surface area contributed by atoms with Gasteiger partial charge in [-0.1, -0.05) is 12.5 Å². The van der Waals surface area contributed by atoms with E-state index in [9.17, 15) is 0 Å². The van der Waals surface area contributed by atoms with E-state index in [4.69, 9.17) is 9.73 Å². The fourth-order valence-electron chi connectivity index (χ4n) is 2.93. The maximum absolute atomic E-state index is 5.47. The molecule has 0 aliphatic carbocycles. The van der Waals surface area contributed by atoms with Crippen LogP contribution in [0.25, 0.3) is 0 Å². The minimum absolute atomic E-state index is 0. The van der Waals surface area contributed by atoms with Gasteiger partial charge in [0.05, 0.1) is 19.8 Å². The summed E-state index contributed by atoms with van der Waals surface area (Å²) in [7, 11) is 2.14. The van der Waals surface area contributed by atoms with Crippen molar-refractivity contribution in [2.45, 2.75) is 52.0 Å². The number of ether oxygens (including phenoxy) is 1. The summed E-state index contributed by atoms with van der Waals surface area (Å²) in [6.45, 7) is 16.9. The predicted octanol–water partition coefficient (Wildman–Crippen LogP) is 3.36. The Kier molecular flexibility index (Phi) is 13.6. The molecule has 0 amide bonds. The number of hydrogen-bond donors (Lipinski definition) is 1. The molecular formula is C19H39IN4O. The van der Waals surface area contributed by atoms with Gasteiger partial charge < -0.3 is 15.0 Å². The van der Waals surface area contributed by atoms with E-state index in [0.717, 1.165) is 58.3 Å². The first-order valence-corrected chi connectivity index (χ1v) is 9.44.